The second-order valence-electron chi connectivity index (χ2n) is 1.93. The molecule has 6 heteroatoms. The number of nitrogens with zero attached hydrogens (tertiary/aromatic N) is 2. The third kappa shape index (κ3) is 2.33. The van der Waals surface area contributed by atoms with Gasteiger partial charge in [-0.05, 0) is 22.2 Å². The minimum atomic E-state index is 0.746. The van der Waals surface area contributed by atoms with Gasteiger partial charge in [-0.15, -0.1) is 0 Å². The Morgan fingerprint density at radius 1 is 1.58 bits per heavy atom. The quantitative estimate of drug-likeness (QED) is 0.483. The molecule has 0 aliphatic rings. The van der Waals surface area contributed by atoms with Gasteiger partial charge in [0, 0.05) is 13.2 Å². The van der Waals surface area contributed by atoms with Crippen molar-refractivity contribution < 1.29 is 0 Å². The average Bonchev–Trinajstić information content (AvgIpc) is 2.09. The Morgan fingerprint density at radius 2 is 2.33 bits per heavy atom. The van der Waals surface area contributed by atoms with Crippen molar-refractivity contribution in [1.82, 2.24) is 15.4 Å². The predicted molar refractivity (Wildman–Crippen MR) is 54.2 cm³/mol. The van der Waals surface area contributed by atoms with Gasteiger partial charge in [0.25, 0.3) is 0 Å². The minimum Gasteiger partial charge on any atom is -0.305 e. The smallest absolute Gasteiger partial charge is 0.189 e. The van der Waals surface area contributed by atoms with Crippen molar-refractivity contribution in [3.8, 4) is 0 Å². The van der Waals surface area contributed by atoms with Gasteiger partial charge in [0.1, 0.15) is 0 Å². The van der Waals surface area contributed by atoms with Crippen LogP contribution in [0.1, 0.15) is 0 Å². The molecule has 0 aliphatic heterocycles. The van der Waals surface area contributed by atoms with Gasteiger partial charge in [-0.25, -0.2) is 15.4 Å². The number of anilines is 1. The average molecular weight is 249 g/mol. The lowest BCUT2D eigenvalue weighted by Gasteiger charge is -2.05. The molecule has 0 amide bonds. The van der Waals surface area contributed by atoms with E-state index >= 15 is 0 Å². The van der Waals surface area contributed by atoms with Crippen LogP contribution in [0.25, 0.3) is 0 Å². The second kappa shape index (κ2) is 4.64. The maximum Gasteiger partial charge on any atom is 0.189 e. The molecule has 0 saturated heterocycles. The monoisotopic (exact) mass is 248 g/mol. The van der Waals surface area contributed by atoms with E-state index < -0.39 is 0 Å². The van der Waals surface area contributed by atoms with Crippen LogP contribution in [0.2, 0.25) is 0 Å². The number of hydrogen-bond acceptors (Lipinski definition) is 5. The Morgan fingerprint density at radius 3 is 2.92 bits per heavy atom. The summed E-state index contributed by atoms with van der Waals surface area (Å²) in [6, 6.07) is 0. The summed E-state index contributed by atoms with van der Waals surface area (Å²) in [6.45, 7) is 0. The highest BCUT2D eigenvalue weighted by molar-refractivity contribution is 9.10. The van der Waals surface area contributed by atoms with Crippen molar-refractivity contribution >= 4 is 33.5 Å². The van der Waals surface area contributed by atoms with Crippen LogP contribution in [0.15, 0.2) is 15.8 Å². The molecule has 2 N–H and O–H groups in total. The van der Waals surface area contributed by atoms with Crippen molar-refractivity contribution in [1.29, 1.82) is 0 Å². The van der Waals surface area contributed by atoms with Crippen LogP contribution >= 0.6 is 27.7 Å². The first-order valence-electron chi connectivity index (χ1n) is 3.27. The number of nitrogens with one attached hydrogen (secondary N) is 2. The molecule has 0 aliphatic carbocycles. The van der Waals surface area contributed by atoms with E-state index in [1.165, 1.54) is 11.8 Å². The number of hydrazine groups is 1. The van der Waals surface area contributed by atoms with Crippen LogP contribution in [-0.2, 0) is 0 Å². The molecule has 0 spiro atoms. The van der Waals surface area contributed by atoms with Crippen molar-refractivity contribution in [3.05, 3.63) is 10.7 Å². The summed E-state index contributed by atoms with van der Waals surface area (Å²) in [5, 5.41) is 0.746. The minimum absolute atomic E-state index is 0.746. The molecule has 0 fully saturated rings. The summed E-state index contributed by atoms with van der Waals surface area (Å²) in [6.07, 6.45) is 3.66. The molecular weight excluding hydrogens is 240 g/mol. The van der Waals surface area contributed by atoms with Crippen molar-refractivity contribution in [2.75, 3.05) is 18.7 Å². The lowest BCUT2D eigenvalue weighted by Crippen LogP contribution is -2.16. The van der Waals surface area contributed by atoms with Gasteiger partial charge in [0.15, 0.2) is 11.0 Å². The number of aromatic nitrogens is 2. The second-order valence-corrected chi connectivity index (χ2v) is 3.56. The summed E-state index contributed by atoms with van der Waals surface area (Å²) in [4.78, 5) is 8.29. The van der Waals surface area contributed by atoms with Crippen molar-refractivity contribution in [3.63, 3.8) is 0 Å². The van der Waals surface area contributed by atoms with Crippen LogP contribution in [-0.4, -0.2) is 23.3 Å². The SMILES string of the molecule is CNNc1nc(SC)ncc1Br. The normalized spacial score (nSPS) is 9.92. The molecule has 66 valence electrons. The number of halogens is 1. The van der Waals surface area contributed by atoms with E-state index in [4.69, 9.17) is 0 Å². The van der Waals surface area contributed by atoms with Gasteiger partial charge in [0.05, 0.1) is 4.47 Å². The third-order valence-corrected chi connectivity index (χ3v) is 2.29. The van der Waals surface area contributed by atoms with Crippen LogP contribution < -0.4 is 10.9 Å². The van der Waals surface area contributed by atoms with Crippen LogP contribution in [0, 0.1) is 0 Å². The summed E-state index contributed by atoms with van der Waals surface area (Å²) in [5.41, 5.74) is 5.69. The standard InChI is InChI=1S/C6H9BrN4S/c1-8-11-5-4(7)3-9-6(10-5)12-2/h3,8H,1-2H3,(H,9,10,11). The van der Waals surface area contributed by atoms with Gasteiger partial charge in [0.2, 0.25) is 0 Å². The van der Waals surface area contributed by atoms with Crippen LogP contribution in [0.3, 0.4) is 0 Å². The summed E-state index contributed by atoms with van der Waals surface area (Å²) in [5.74, 6) is 0.747. The van der Waals surface area contributed by atoms with Crippen molar-refractivity contribution in [2.45, 2.75) is 5.16 Å². The highest BCUT2D eigenvalue weighted by Gasteiger charge is 2.01. The van der Waals surface area contributed by atoms with E-state index in [2.05, 4.69) is 36.7 Å². The van der Waals surface area contributed by atoms with E-state index in [1.807, 2.05) is 6.26 Å². The van der Waals surface area contributed by atoms with E-state index in [0.29, 0.717) is 0 Å². The molecule has 12 heavy (non-hydrogen) atoms. The molecule has 0 aromatic carbocycles. The van der Waals surface area contributed by atoms with Crippen LogP contribution in [0.5, 0.6) is 0 Å². The first-order valence-corrected chi connectivity index (χ1v) is 5.29. The molecule has 0 bridgehead atoms. The highest BCUT2D eigenvalue weighted by Crippen LogP contribution is 2.20. The topological polar surface area (TPSA) is 49.8 Å². The zero-order chi connectivity index (χ0) is 8.97. The molecule has 1 rings (SSSR count). The molecule has 0 saturated carbocycles. The van der Waals surface area contributed by atoms with Gasteiger partial charge in [-0.3, -0.25) is 0 Å². The van der Waals surface area contributed by atoms with Crippen molar-refractivity contribution in [2.24, 2.45) is 0 Å². The van der Waals surface area contributed by atoms with Gasteiger partial charge >= 0.3 is 0 Å². The largest absolute Gasteiger partial charge is 0.305 e. The fourth-order valence-corrected chi connectivity index (χ4v) is 1.29. The predicted octanol–water partition coefficient (Wildman–Crippen LogP) is 1.51. The molecule has 1 heterocycles. The molecule has 0 unspecified atom stereocenters. The number of rotatable bonds is 3. The maximum atomic E-state index is 4.21. The van der Waals surface area contributed by atoms with E-state index in [1.54, 1.807) is 13.2 Å². The summed E-state index contributed by atoms with van der Waals surface area (Å²) in [7, 11) is 1.79. The van der Waals surface area contributed by atoms with Gasteiger partial charge in [-0.2, -0.15) is 0 Å². The first kappa shape index (κ1) is 9.76. The molecule has 4 nitrogen and oxygen atoms in total. The Hall–Kier alpha value is -0.330. The fraction of sp³-hybridized carbons (Fsp3) is 0.333. The molecular formula is C6H9BrN4S. The van der Waals surface area contributed by atoms with Gasteiger partial charge < -0.3 is 5.43 Å². The zero-order valence-electron chi connectivity index (χ0n) is 6.76. The lowest BCUT2D eigenvalue weighted by molar-refractivity contribution is 0.905. The summed E-state index contributed by atoms with van der Waals surface area (Å²) >= 11 is 4.83. The molecule has 1 aromatic rings. The molecule has 0 radical (unpaired) electrons. The van der Waals surface area contributed by atoms with E-state index in [-0.39, 0.29) is 0 Å². The Bertz CT molecular complexity index is 268. The Balaban J connectivity index is 2.91. The summed E-state index contributed by atoms with van der Waals surface area (Å²) < 4.78 is 0.842. The van der Waals surface area contributed by atoms with Gasteiger partial charge in [-0.1, -0.05) is 11.8 Å². The fourth-order valence-electron chi connectivity index (χ4n) is 0.655. The van der Waals surface area contributed by atoms with E-state index in [0.717, 1.165) is 15.4 Å². The highest BCUT2D eigenvalue weighted by atomic mass is 79.9. The third-order valence-electron chi connectivity index (χ3n) is 1.15. The molecule has 0 atom stereocenters. The number of hydrogen-bond donors (Lipinski definition) is 2. The van der Waals surface area contributed by atoms with Crippen LogP contribution in [0.4, 0.5) is 5.82 Å². The number of thioether (sulfide) groups is 1. The Labute approximate surface area is 83.7 Å². The Kier molecular flexibility index (Phi) is 3.77. The maximum absolute atomic E-state index is 4.21. The molecule has 1 aromatic heterocycles. The lowest BCUT2D eigenvalue weighted by atomic mass is 10.6. The van der Waals surface area contributed by atoms with E-state index in [9.17, 15) is 0 Å². The first-order chi connectivity index (χ1) is 5.77. The zero-order valence-corrected chi connectivity index (χ0v) is 9.16.